The molecule has 4 nitrogen and oxygen atoms in total. The second kappa shape index (κ2) is 6.39. The van der Waals surface area contributed by atoms with E-state index in [0.29, 0.717) is 18.5 Å². The average molecular weight is 367 g/mol. The molecule has 1 aromatic carbocycles. The molecule has 2 aromatic heterocycles. The Bertz CT molecular complexity index is 783. The second-order valence-corrected chi connectivity index (χ2v) is 5.74. The van der Waals surface area contributed by atoms with Gasteiger partial charge in [0.1, 0.15) is 17.5 Å². The van der Waals surface area contributed by atoms with Crippen LogP contribution in [0.25, 0.3) is 5.65 Å². The van der Waals surface area contributed by atoms with E-state index in [1.165, 1.54) is 12.1 Å². The third-order valence-corrected chi connectivity index (χ3v) is 3.76. The molecule has 1 N–H and O–H groups in total. The highest BCUT2D eigenvalue weighted by molar-refractivity contribution is 9.10. The first kappa shape index (κ1) is 14.9. The van der Waals surface area contributed by atoms with Gasteiger partial charge < -0.3 is 5.32 Å². The molecule has 3 aromatic rings. The first-order valence-corrected chi connectivity index (χ1v) is 7.60. The molecule has 0 aliphatic carbocycles. The Balaban J connectivity index is 1.56. The van der Waals surface area contributed by atoms with Crippen molar-refractivity contribution in [1.82, 2.24) is 14.6 Å². The van der Waals surface area contributed by atoms with Crippen molar-refractivity contribution in [2.75, 3.05) is 11.9 Å². The molecule has 0 aliphatic rings. The minimum atomic E-state index is -0.541. The van der Waals surface area contributed by atoms with Gasteiger partial charge in [0.2, 0.25) is 0 Å². The summed E-state index contributed by atoms with van der Waals surface area (Å²) in [4.78, 5) is 4.43. The summed E-state index contributed by atoms with van der Waals surface area (Å²) in [7, 11) is 0. The molecule has 0 bridgehead atoms. The Hall–Kier alpha value is -2.02. The summed E-state index contributed by atoms with van der Waals surface area (Å²) in [5, 5.41) is 7.31. The van der Waals surface area contributed by atoms with Crippen LogP contribution in [-0.2, 0) is 6.42 Å². The standard InChI is InChI=1S/C15H13BrF2N4/c16-13-9-20-22-5-3-14(21-15(13)22)19-4-1-2-10-6-11(17)8-12(18)7-10/h3,5-9H,1-2,4H2,(H,19,21). The summed E-state index contributed by atoms with van der Waals surface area (Å²) in [5.74, 6) is -0.347. The van der Waals surface area contributed by atoms with E-state index < -0.39 is 11.6 Å². The average Bonchev–Trinajstić information content (AvgIpc) is 2.84. The topological polar surface area (TPSA) is 42.2 Å². The van der Waals surface area contributed by atoms with Gasteiger partial charge in [0.15, 0.2) is 5.65 Å². The SMILES string of the molecule is Fc1cc(F)cc(CCCNc2ccn3ncc(Br)c3n2)c1. The van der Waals surface area contributed by atoms with Crippen molar-refractivity contribution in [2.45, 2.75) is 12.8 Å². The lowest BCUT2D eigenvalue weighted by Crippen LogP contribution is -2.05. The van der Waals surface area contributed by atoms with Crippen LogP contribution in [0.5, 0.6) is 0 Å². The first-order chi connectivity index (χ1) is 10.6. The summed E-state index contributed by atoms with van der Waals surface area (Å²) in [6.07, 6.45) is 4.85. The molecule has 0 spiro atoms. The van der Waals surface area contributed by atoms with Crippen LogP contribution >= 0.6 is 15.9 Å². The normalized spacial score (nSPS) is 11.0. The van der Waals surface area contributed by atoms with E-state index in [-0.39, 0.29) is 0 Å². The number of nitrogens with one attached hydrogen (secondary N) is 1. The van der Waals surface area contributed by atoms with Crippen molar-refractivity contribution in [3.8, 4) is 0 Å². The van der Waals surface area contributed by atoms with Crippen LogP contribution in [0, 0.1) is 11.6 Å². The number of aromatic nitrogens is 3. The zero-order chi connectivity index (χ0) is 15.5. The lowest BCUT2D eigenvalue weighted by atomic mass is 10.1. The summed E-state index contributed by atoms with van der Waals surface area (Å²) >= 11 is 3.38. The highest BCUT2D eigenvalue weighted by atomic mass is 79.9. The van der Waals surface area contributed by atoms with Gasteiger partial charge >= 0.3 is 0 Å². The van der Waals surface area contributed by atoms with E-state index >= 15 is 0 Å². The molecule has 0 aliphatic heterocycles. The van der Waals surface area contributed by atoms with Crippen LogP contribution in [0.3, 0.4) is 0 Å². The first-order valence-electron chi connectivity index (χ1n) is 6.80. The molecule has 2 heterocycles. The van der Waals surface area contributed by atoms with E-state index in [4.69, 9.17) is 0 Å². The Kier molecular flexibility index (Phi) is 4.33. The number of nitrogens with zero attached hydrogens (tertiary/aromatic N) is 3. The van der Waals surface area contributed by atoms with Gasteiger partial charge in [-0.25, -0.2) is 18.3 Å². The molecule has 0 saturated heterocycles. The molecule has 0 atom stereocenters. The van der Waals surface area contributed by atoms with Crippen molar-refractivity contribution in [2.24, 2.45) is 0 Å². The number of hydrogen-bond acceptors (Lipinski definition) is 3. The predicted octanol–water partition coefficient (Wildman–Crippen LogP) is 3.81. The molecular formula is C15H13BrF2N4. The highest BCUT2D eigenvalue weighted by Gasteiger charge is 2.04. The molecule has 7 heteroatoms. The van der Waals surface area contributed by atoms with Crippen molar-refractivity contribution >= 4 is 27.4 Å². The lowest BCUT2D eigenvalue weighted by Gasteiger charge is -2.06. The van der Waals surface area contributed by atoms with Crippen LogP contribution < -0.4 is 5.32 Å². The monoisotopic (exact) mass is 366 g/mol. The van der Waals surface area contributed by atoms with Gasteiger partial charge in [-0.1, -0.05) is 0 Å². The van der Waals surface area contributed by atoms with Gasteiger partial charge in [-0.15, -0.1) is 0 Å². The predicted molar refractivity (Wildman–Crippen MR) is 83.9 cm³/mol. The Morgan fingerprint density at radius 3 is 2.73 bits per heavy atom. The molecule has 0 unspecified atom stereocenters. The molecule has 0 amide bonds. The van der Waals surface area contributed by atoms with E-state index in [2.05, 4.69) is 31.3 Å². The van der Waals surface area contributed by atoms with Crippen molar-refractivity contribution < 1.29 is 8.78 Å². The minimum absolute atomic E-state index is 0.541. The summed E-state index contributed by atoms with van der Waals surface area (Å²) in [6.45, 7) is 0.660. The van der Waals surface area contributed by atoms with Gasteiger partial charge in [-0.05, 0) is 52.5 Å². The second-order valence-electron chi connectivity index (χ2n) is 4.88. The van der Waals surface area contributed by atoms with Gasteiger partial charge in [-0.2, -0.15) is 5.10 Å². The van der Waals surface area contributed by atoms with E-state index in [1.807, 2.05) is 12.3 Å². The van der Waals surface area contributed by atoms with Gasteiger partial charge in [0, 0.05) is 18.8 Å². The molecule has 0 saturated carbocycles. The minimum Gasteiger partial charge on any atom is -0.370 e. The smallest absolute Gasteiger partial charge is 0.171 e. The van der Waals surface area contributed by atoms with Crippen LogP contribution in [0.2, 0.25) is 0 Å². The highest BCUT2D eigenvalue weighted by Crippen LogP contribution is 2.17. The fourth-order valence-electron chi connectivity index (χ4n) is 2.20. The van der Waals surface area contributed by atoms with Gasteiger partial charge in [-0.3, -0.25) is 0 Å². The summed E-state index contributed by atoms with van der Waals surface area (Å²) < 4.78 is 28.7. The quantitative estimate of drug-likeness (QED) is 0.698. The molecule has 114 valence electrons. The van der Waals surface area contributed by atoms with Gasteiger partial charge in [0.25, 0.3) is 0 Å². The van der Waals surface area contributed by atoms with Gasteiger partial charge in [0.05, 0.1) is 10.7 Å². The van der Waals surface area contributed by atoms with Crippen molar-refractivity contribution in [1.29, 1.82) is 0 Å². The zero-order valence-electron chi connectivity index (χ0n) is 11.6. The number of anilines is 1. The van der Waals surface area contributed by atoms with Crippen LogP contribution in [-0.4, -0.2) is 21.1 Å². The fraction of sp³-hybridized carbons (Fsp3) is 0.200. The summed E-state index contributed by atoms with van der Waals surface area (Å²) in [6, 6.07) is 5.42. The largest absolute Gasteiger partial charge is 0.370 e. The van der Waals surface area contributed by atoms with E-state index in [9.17, 15) is 8.78 Å². The Labute approximate surface area is 134 Å². The molecular weight excluding hydrogens is 354 g/mol. The third kappa shape index (κ3) is 3.41. The summed E-state index contributed by atoms with van der Waals surface area (Å²) in [5.41, 5.74) is 1.39. The maximum atomic E-state index is 13.1. The Morgan fingerprint density at radius 1 is 1.18 bits per heavy atom. The van der Waals surface area contributed by atoms with E-state index in [0.717, 1.165) is 28.4 Å². The maximum absolute atomic E-state index is 13.1. The molecule has 0 radical (unpaired) electrons. The van der Waals surface area contributed by atoms with Crippen LogP contribution in [0.1, 0.15) is 12.0 Å². The Morgan fingerprint density at radius 2 is 1.95 bits per heavy atom. The number of halogens is 3. The maximum Gasteiger partial charge on any atom is 0.171 e. The molecule has 22 heavy (non-hydrogen) atoms. The lowest BCUT2D eigenvalue weighted by molar-refractivity contribution is 0.579. The zero-order valence-corrected chi connectivity index (χ0v) is 13.1. The number of benzene rings is 1. The van der Waals surface area contributed by atoms with E-state index in [1.54, 1.807) is 10.7 Å². The van der Waals surface area contributed by atoms with Crippen molar-refractivity contribution in [3.05, 3.63) is 58.3 Å². The van der Waals surface area contributed by atoms with Crippen molar-refractivity contribution in [3.63, 3.8) is 0 Å². The van der Waals surface area contributed by atoms with Crippen LogP contribution in [0.4, 0.5) is 14.6 Å². The molecule has 0 fully saturated rings. The number of rotatable bonds is 5. The fourth-order valence-corrected chi connectivity index (χ4v) is 2.57. The number of hydrogen-bond donors (Lipinski definition) is 1. The molecule has 3 rings (SSSR count). The van der Waals surface area contributed by atoms with Crippen LogP contribution in [0.15, 0.2) is 41.1 Å². The number of aryl methyl sites for hydroxylation is 1. The third-order valence-electron chi connectivity index (χ3n) is 3.20. The number of fused-ring (bicyclic) bond motifs is 1.